The van der Waals surface area contributed by atoms with Crippen molar-refractivity contribution in [3.63, 3.8) is 0 Å². The Hall–Kier alpha value is -0.420. The van der Waals surface area contributed by atoms with Crippen LogP contribution in [-0.2, 0) is 11.5 Å². The predicted molar refractivity (Wildman–Crippen MR) is 22.9 cm³/mol. The van der Waals surface area contributed by atoms with Gasteiger partial charge in [0, 0.05) is 0 Å². The summed E-state index contributed by atoms with van der Waals surface area (Å²) in [5, 5.41) is 7.33. The van der Waals surface area contributed by atoms with Gasteiger partial charge in [-0.25, -0.2) is 4.21 Å². The summed E-state index contributed by atoms with van der Waals surface area (Å²) in [5.74, 6) is 0. The average Bonchev–Trinajstić information content (AvgIpc) is 1.33. The van der Waals surface area contributed by atoms with Gasteiger partial charge in [0.15, 0.2) is 0 Å². The van der Waals surface area contributed by atoms with Crippen LogP contribution in [0.4, 0.5) is 3.89 Å². The molecule has 44 valence electrons. The second-order valence-corrected chi connectivity index (χ2v) is 0.765. The van der Waals surface area contributed by atoms with E-state index >= 15 is 0 Å². The zero-order chi connectivity index (χ0) is 6.28. The van der Waals surface area contributed by atoms with Crippen LogP contribution in [-0.4, -0.2) is 13.9 Å². The third-order valence-corrected chi connectivity index (χ3v) is 0. The molecule has 0 aromatic heterocycles. The summed E-state index contributed by atoms with van der Waals surface area (Å²) in [6.45, 7) is 2.92. The van der Waals surface area contributed by atoms with Crippen LogP contribution in [0.5, 0.6) is 0 Å². The Labute approximate surface area is 43.1 Å². The van der Waals surface area contributed by atoms with Crippen LogP contribution in [0.25, 0.3) is 0 Å². The number of hydrogen-bond acceptors (Lipinski definition) is 3. The van der Waals surface area contributed by atoms with Gasteiger partial charge in [-0.1, -0.05) is 6.58 Å². The van der Waals surface area contributed by atoms with Gasteiger partial charge in [0.1, 0.15) is 11.5 Å². The van der Waals surface area contributed by atoms with Gasteiger partial charge in [-0.3, -0.25) is 0 Å². The van der Waals surface area contributed by atoms with Crippen LogP contribution in [0, 0.1) is 0 Å². The van der Waals surface area contributed by atoms with Gasteiger partial charge in [0.2, 0.25) is 0 Å². The normalized spacial score (nSPS) is 10.6. The highest BCUT2D eigenvalue weighted by Gasteiger charge is 1.48. The molecule has 0 spiro atoms. The van der Waals surface area contributed by atoms with Gasteiger partial charge >= 0.3 is 0 Å². The minimum Gasteiger partial charge on any atom is -0.746 e. The molecule has 0 heterocycles. The maximum absolute atomic E-state index is 9.92. The molecule has 0 amide bonds. The Morgan fingerprint density at radius 1 is 2.00 bits per heavy atom. The van der Waals surface area contributed by atoms with Crippen molar-refractivity contribution in [2.24, 2.45) is 0 Å². The number of aliphatic hydroxyl groups is 1. The van der Waals surface area contributed by atoms with Gasteiger partial charge in [0.25, 0.3) is 0 Å². The molecule has 0 aromatic carbocycles. The third kappa shape index (κ3) is 405. The van der Waals surface area contributed by atoms with Crippen LogP contribution in [0.2, 0.25) is 0 Å². The van der Waals surface area contributed by atoms with Crippen LogP contribution < -0.4 is 0 Å². The second kappa shape index (κ2) is 9.13. The SMILES string of the molecule is C=CO.O=S([O-])F. The van der Waals surface area contributed by atoms with Gasteiger partial charge in [-0.15, -0.1) is 3.89 Å². The Balaban J connectivity index is 0. The van der Waals surface area contributed by atoms with E-state index in [1.165, 1.54) is 0 Å². The lowest BCUT2D eigenvalue weighted by Crippen LogP contribution is -1.64. The fourth-order valence-electron chi connectivity index (χ4n) is 0. The lowest BCUT2D eigenvalue weighted by atomic mass is 11.2. The summed E-state index contributed by atoms with van der Waals surface area (Å²) in [4.78, 5) is 0. The van der Waals surface area contributed by atoms with E-state index in [0.717, 1.165) is 6.26 Å². The highest BCUT2D eigenvalue weighted by atomic mass is 32.2. The quantitative estimate of drug-likeness (QED) is 0.292. The highest BCUT2D eigenvalue weighted by molar-refractivity contribution is 7.73. The van der Waals surface area contributed by atoms with Crippen LogP contribution in [0.1, 0.15) is 0 Å². The van der Waals surface area contributed by atoms with E-state index in [9.17, 15) is 3.89 Å². The molecule has 0 saturated heterocycles. The lowest BCUT2D eigenvalue weighted by molar-refractivity contribution is 0.476. The van der Waals surface area contributed by atoms with E-state index in [2.05, 4.69) is 6.58 Å². The standard InChI is InChI=1S/C2H4O.FHO2S/c1-2-3;1-4(2)3/h2-3H,1H2;(H,2,3)/p-1. The first-order chi connectivity index (χ1) is 3.15. The molecule has 0 aliphatic carbocycles. The molecule has 0 aromatic rings. The predicted octanol–water partition coefficient (Wildman–Crippen LogP) is 0.438. The Kier molecular flexibility index (Phi) is 12.7. The van der Waals surface area contributed by atoms with E-state index in [4.69, 9.17) is 13.9 Å². The van der Waals surface area contributed by atoms with Crippen molar-refractivity contribution >= 4 is 11.5 Å². The van der Waals surface area contributed by atoms with Crippen LogP contribution in [0.15, 0.2) is 12.8 Å². The summed E-state index contributed by atoms with van der Waals surface area (Å²) < 4.78 is 26.6. The van der Waals surface area contributed by atoms with E-state index in [1.807, 2.05) is 0 Å². The van der Waals surface area contributed by atoms with E-state index in [-0.39, 0.29) is 0 Å². The first-order valence-corrected chi connectivity index (χ1v) is 2.13. The number of aliphatic hydroxyl groups excluding tert-OH is 1. The molecule has 0 radical (unpaired) electrons. The van der Waals surface area contributed by atoms with Gasteiger partial charge < -0.3 is 9.66 Å². The number of halogens is 1. The maximum Gasteiger partial charge on any atom is 0.132 e. The average molecular weight is 127 g/mol. The van der Waals surface area contributed by atoms with Crippen molar-refractivity contribution in [2.75, 3.05) is 0 Å². The summed E-state index contributed by atoms with van der Waals surface area (Å²) in [6.07, 6.45) is 0.750. The summed E-state index contributed by atoms with van der Waals surface area (Å²) >= 11 is -3.36. The smallest absolute Gasteiger partial charge is 0.132 e. The largest absolute Gasteiger partial charge is 0.746 e. The molecule has 0 rings (SSSR count). The van der Waals surface area contributed by atoms with E-state index in [1.54, 1.807) is 0 Å². The summed E-state index contributed by atoms with van der Waals surface area (Å²) in [7, 11) is 0. The topological polar surface area (TPSA) is 60.4 Å². The van der Waals surface area contributed by atoms with Gasteiger partial charge in [-0.2, -0.15) is 0 Å². The molecule has 0 bridgehead atoms. The van der Waals surface area contributed by atoms with E-state index < -0.39 is 11.5 Å². The molecular weight excluding hydrogens is 123 g/mol. The molecule has 0 aliphatic rings. The van der Waals surface area contributed by atoms with Crippen LogP contribution >= 0.6 is 0 Å². The fourth-order valence-corrected chi connectivity index (χ4v) is 0. The van der Waals surface area contributed by atoms with Crippen molar-refractivity contribution in [1.82, 2.24) is 0 Å². The molecule has 7 heavy (non-hydrogen) atoms. The molecule has 3 nitrogen and oxygen atoms in total. The molecule has 0 fully saturated rings. The van der Waals surface area contributed by atoms with Crippen LogP contribution in [0.3, 0.4) is 0 Å². The van der Waals surface area contributed by atoms with Crippen molar-refractivity contribution in [3.05, 3.63) is 12.8 Å². The van der Waals surface area contributed by atoms with Gasteiger partial charge in [0.05, 0.1) is 6.26 Å². The van der Waals surface area contributed by atoms with E-state index in [0.29, 0.717) is 0 Å². The first-order valence-electron chi connectivity index (χ1n) is 1.15. The highest BCUT2D eigenvalue weighted by Crippen LogP contribution is 1.61. The molecule has 0 aliphatic heterocycles. The second-order valence-electron chi connectivity index (χ2n) is 0.377. The van der Waals surface area contributed by atoms with Crippen molar-refractivity contribution in [2.45, 2.75) is 0 Å². The Morgan fingerprint density at radius 2 is 2.00 bits per heavy atom. The Morgan fingerprint density at radius 3 is 2.00 bits per heavy atom. The maximum atomic E-state index is 9.92. The fraction of sp³-hybridized carbons (Fsp3) is 0. The summed E-state index contributed by atoms with van der Waals surface area (Å²) in [6, 6.07) is 0. The molecule has 1 unspecified atom stereocenters. The monoisotopic (exact) mass is 127 g/mol. The van der Waals surface area contributed by atoms with Crippen molar-refractivity contribution < 1.29 is 17.8 Å². The Bertz CT molecular complexity index is 60.0. The lowest BCUT2D eigenvalue weighted by Gasteiger charge is -1.78. The minimum absolute atomic E-state index is 0.750. The van der Waals surface area contributed by atoms with Gasteiger partial charge in [-0.05, 0) is 0 Å². The van der Waals surface area contributed by atoms with Crippen molar-refractivity contribution in [3.8, 4) is 0 Å². The molecular formula is C2H4FO3S-. The molecule has 1 N–H and O–H groups in total. The number of hydrogen-bond donors (Lipinski definition) is 1. The molecule has 5 heteroatoms. The zero-order valence-electron chi connectivity index (χ0n) is 3.33. The number of rotatable bonds is 0. The molecule has 1 atom stereocenters. The first kappa shape index (κ1) is 9.77. The minimum atomic E-state index is -3.36. The molecule has 0 saturated carbocycles. The zero-order valence-corrected chi connectivity index (χ0v) is 4.15. The van der Waals surface area contributed by atoms with Crippen molar-refractivity contribution in [1.29, 1.82) is 0 Å². The summed E-state index contributed by atoms with van der Waals surface area (Å²) in [5.41, 5.74) is 0. The third-order valence-electron chi connectivity index (χ3n) is 0.